The summed E-state index contributed by atoms with van der Waals surface area (Å²) in [5, 5.41) is 2.87. The molecule has 0 unspecified atom stereocenters. The van der Waals surface area contributed by atoms with Crippen molar-refractivity contribution in [3.05, 3.63) is 34.9 Å². The molecule has 0 bridgehead atoms. The molecule has 4 nitrogen and oxygen atoms in total. The number of carbonyl (C=O) groups is 2. The van der Waals surface area contributed by atoms with E-state index in [1.807, 2.05) is 32.0 Å². The molecule has 0 aliphatic carbocycles. The molecule has 0 aliphatic rings. The van der Waals surface area contributed by atoms with Crippen LogP contribution in [0.1, 0.15) is 48.2 Å². The topological polar surface area (TPSA) is 49.4 Å². The molecule has 0 aliphatic heterocycles. The van der Waals surface area contributed by atoms with Gasteiger partial charge in [0.2, 0.25) is 5.91 Å². The van der Waals surface area contributed by atoms with Gasteiger partial charge in [0.25, 0.3) is 5.91 Å². The number of hydrogen-bond acceptors (Lipinski definition) is 2. The molecule has 1 N–H and O–H groups in total. The van der Waals surface area contributed by atoms with Gasteiger partial charge in [-0.25, -0.2) is 0 Å². The monoisotopic (exact) mass is 290 g/mol. The van der Waals surface area contributed by atoms with Crippen LogP contribution < -0.4 is 5.32 Å². The molecule has 2 amide bonds. The Bertz CT molecular complexity index is 498. The molecule has 1 aromatic carbocycles. The van der Waals surface area contributed by atoms with E-state index in [-0.39, 0.29) is 11.8 Å². The van der Waals surface area contributed by atoms with Crippen molar-refractivity contribution in [1.82, 2.24) is 10.2 Å². The molecular formula is C17H26N2O2. The van der Waals surface area contributed by atoms with Crippen molar-refractivity contribution < 1.29 is 9.59 Å². The zero-order valence-corrected chi connectivity index (χ0v) is 13.5. The minimum absolute atomic E-state index is 0.0591. The minimum Gasteiger partial charge on any atom is -0.350 e. The summed E-state index contributed by atoms with van der Waals surface area (Å²) >= 11 is 0. The van der Waals surface area contributed by atoms with Gasteiger partial charge in [0, 0.05) is 32.1 Å². The predicted molar refractivity (Wildman–Crippen MR) is 85.4 cm³/mol. The second-order valence-corrected chi connectivity index (χ2v) is 5.41. The number of amides is 2. The van der Waals surface area contributed by atoms with E-state index in [1.165, 1.54) is 5.56 Å². The van der Waals surface area contributed by atoms with E-state index >= 15 is 0 Å². The molecule has 0 spiro atoms. The number of carbonyl (C=O) groups excluding carboxylic acids is 2. The van der Waals surface area contributed by atoms with Crippen molar-refractivity contribution >= 4 is 11.8 Å². The molecule has 21 heavy (non-hydrogen) atoms. The SMILES string of the molecule is CCCCN(CCNC(=O)c1ccc(C)c(C)c1)C(C)=O. The number of benzene rings is 1. The molecule has 1 aromatic rings. The normalized spacial score (nSPS) is 10.3. The molecule has 0 aromatic heterocycles. The zero-order valence-electron chi connectivity index (χ0n) is 13.5. The quantitative estimate of drug-likeness (QED) is 0.839. The summed E-state index contributed by atoms with van der Waals surface area (Å²) in [4.78, 5) is 25.3. The van der Waals surface area contributed by atoms with E-state index in [4.69, 9.17) is 0 Å². The Kier molecular flexibility index (Phi) is 6.92. The van der Waals surface area contributed by atoms with Crippen LogP contribution in [0.4, 0.5) is 0 Å². The molecule has 0 radical (unpaired) electrons. The maximum Gasteiger partial charge on any atom is 0.251 e. The second kappa shape index (κ2) is 8.45. The lowest BCUT2D eigenvalue weighted by Crippen LogP contribution is -2.38. The molecule has 0 saturated heterocycles. The molecule has 0 fully saturated rings. The van der Waals surface area contributed by atoms with E-state index < -0.39 is 0 Å². The molecule has 4 heteroatoms. The van der Waals surface area contributed by atoms with Crippen molar-refractivity contribution in [2.24, 2.45) is 0 Å². The number of rotatable bonds is 7. The maximum absolute atomic E-state index is 12.1. The predicted octanol–water partition coefficient (Wildman–Crippen LogP) is 2.68. The van der Waals surface area contributed by atoms with Crippen LogP contribution in [0.2, 0.25) is 0 Å². The second-order valence-electron chi connectivity index (χ2n) is 5.41. The van der Waals surface area contributed by atoms with Gasteiger partial charge in [-0.15, -0.1) is 0 Å². The van der Waals surface area contributed by atoms with Crippen LogP contribution in [0.5, 0.6) is 0 Å². The molecular weight excluding hydrogens is 264 g/mol. The summed E-state index contributed by atoms with van der Waals surface area (Å²) in [6, 6.07) is 5.68. The van der Waals surface area contributed by atoms with Gasteiger partial charge >= 0.3 is 0 Å². The standard InChI is InChI=1S/C17H26N2O2/c1-5-6-10-19(15(4)20)11-9-18-17(21)16-8-7-13(2)14(3)12-16/h7-8,12H,5-6,9-11H2,1-4H3,(H,18,21). The summed E-state index contributed by atoms with van der Waals surface area (Å²) in [6.45, 7) is 9.48. The summed E-state index contributed by atoms with van der Waals surface area (Å²) < 4.78 is 0. The lowest BCUT2D eigenvalue weighted by molar-refractivity contribution is -0.128. The first-order valence-electron chi connectivity index (χ1n) is 7.56. The fourth-order valence-electron chi connectivity index (χ4n) is 2.06. The van der Waals surface area contributed by atoms with Gasteiger partial charge in [-0.2, -0.15) is 0 Å². The van der Waals surface area contributed by atoms with E-state index in [9.17, 15) is 9.59 Å². The highest BCUT2D eigenvalue weighted by atomic mass is 16.2. The number of nitrogens with zero attached hydrogens (tertiary/aromatic N) is 1. The summed E-state index contributed by atoms with van der Waals surface area (Å²) in [5.41, 5.74) is 2.95. The van der Waals surface area contributed by atoms with Crippen LogP contribution in [0.25, 0.3) is 0 Å². The largest absolute Gasteiger partial charge is 0.350 e. The third-order valence-corrected chi connectivity index (χ3v) is 3.66. The van der Waals surface area contributed by atoms with E-state index in [1.54, 1.807) is 11.8 Å². The van der Waals surface area contributed by atoms with Crippen LogP contribution >= 0.6 is 0 Å². The van der Waals surface area contributed by atoms with Crippen LogP contribution in [-0.2, 0) is 4.79 Å². The highest BCUT2D eigenvalue weighted by Crippen LogP contribution is 2.09. The molecule has 0 saturated carbocycles. The molecule has 1 rings (SSSR count). The summed E-state index contributed by atoms with van der Waals surface area (Å²) in [5.74, 6) is -0.0269. The highest BCUT2D eigenvalue weighted by Gasteiger charge is 2.10. The number of nitrogens with one attached hydrogen (secondary N) is 1. The van der Waals surface area contributed by atoms with Gasteiger partial charge in [0.1, 0.15) is 0 Å². The third-order valence-electron chi connectivity index (χ3n) is 3.66. The summed E-state index contributed by atoms with van der Waals surface area (Å²) in [6.07, 6.45) is 2.05. The van der Waals surface area contributed by atoms with E-state index in [2.05, 4.69) is 12.2 Å². The van der Waals surface area contributed by atoms with Gasteiger partial charge in [0.15, 0.2) is 0 Å². The Labute approximate surface area is 127 Å². The Morgan fingerprint density at radius 1 is 1.14 bits per heavy atom. The lowest BCUT2D eigenvalue weighted by atomic mass is 10.1. The Hall–Kier alpha value is -1.84. The minimum atomic E-state index is -0.0860. The van der Waals surface area contributed by atoms with E-state index in [0.29, 0.717) is 18.7 Å². The fourth-order valence-corrected chi connectivity index (χ4v) is 2.06. The van der Waals surface area contributed by atoms with Gasteiger partial charge in [-0.1, -0.05) is 19.4 Å². The first-order valence-corrected chi connectivity index (χ1v) is 7.56. The van der Waals surface area contributed by atoms with Crippen molar-refractivity contribution in [3.63, 3.8) is 0 Å². The van der Waals surface area contributed by atoms with E-state index in [0.717, 1.165) is 24.9 Å². The highest BCUT2D eigenvalue weighted by molar-refractivity contribution is 5.94. The van der Waals surface area contributed by atoms with Crippen molar-refractivity contribution in [1.29, 1.82) is 0 Å². The van der Waals surface area contributed by atoms with Gasteiger partial charge in [-0.3, -0.25) is 9.59 Å². The van der Waals surface area contributed by atoms with Crippen LogP contribution in [0, 0.1) is 13.8 Å². The number of aryl methyl sites for hydroxylation is 2. The molecule has 0 atom stereocenters. The van der Waals surface area contributed by atoms with Gasteiger partial charge in [-0.05, 0) is 43.5 Å². The smallest absolute Gasteiger partial charge is 0.251 e. The van der Waals surface area contributed by atoms with Gasteiger partial charge in [0.05, 0.1) is 0 Å². The molecule has 0 heterocycles. The lowest BCUT2D eigenvalue weighted by Gasteiger charge is -2.21. The first-order chi connectivity index (χ1) is 9.95. The first kappa shape index (κ1) is 17.2. The summed E-state index contributed by atoms with van der Waals surface area (Å²) in [7, 11) is 0. The third kappa shape index (κ3) is 5.58. The number of unbranched alkanes of at least 4 members (excludes halogenated alkanes) is 1. The Balaban J connectivity index is 2.48. The molecule has 116 valence electrons. The average Bonchev–Trinajstić information content (AvgIpc) is 2.44. The van der Waals surface area contributed by atoms with Crippen molar-refractivity contribution in [3.8, 4) is 0 Å². The average molecular weight is 290 g/mol. The number of hydrogen-bond donors (Lipinski definition) is 1. The van der Waals surface area contributed by atoms with Crippen LogP contribution in [0.15, 0.2) is 18.2 Å². The van der Waals surface area contributed by atoms with Crippen LogP contribution in [-0.4, -0.2) is 36.3 Å². The van der Waals surface area contributed by atoms with Crippen molar-refractivity contribution in [2.75, 3.05) is 19.6 Å². The Morgan fingerprint density at radius 3 is 2.43 bits per heavy atom. The maximum atomic E-state index is 12.1. The van der Waals surface area contributed by atoms with Crippen molar-refractivity contribution in [2.45, 2.75) is 40.5 Å². The van der Waals surface area contributed by atoms with Crippen LogP contribution in [0.3, 0.4) is 0 Å². The zero-order chi connectivity index (χ0) is 15.8. The Morgan fingerprint density at radius 2 is 1.86 bits per heavy atom. The fraction of sp³-hybridized carbons (Fsp3) is 0.529. The van der Waals surface area contributed by atoms with Gasteiger partial charge < -0.3 is 10.2 Å².